The fourth-order valence-electron chi connectivity index (χ4n) is 1.54. The van der Waals surface area contributed by atoms with Gasteiger partial charge in [-0.05, 0) is 25.5 Å². The largest absolute Gasteiger partial charge is 0.350 e. The van der Waals surface area contributed by atoms with Crippen molar-refractivity contribution in [2.24, 2.45) is 0 Å². The molecule has 19 heavy (non-hydrogen) atoms. The summed E-state index contributed by atoms with van der Waals surface area (Å²) in [4.78, 5) is 24.0. The lowest BCUT2D eigenvalue weighted by Gasteiger charge is -2.11. The molecule has 1 amide bonds. The molecule has 1 N–H and O–H groups in total. The summed E-state index contributed by atoms with van der Waals surface area (Å²) in [5, 5.41) is 2.90. The summed E-state index contributed by atoms with van der Waals surface area (Å²) in [7, 11) is 0. The van der Waals surface area contributed by atoms with E-state index in [1.807, 2.05) is 13.8 Å². The topological polar surface area (TPSA) is 67.8 Å². The minimum absolute atomic E-state index is 0.0993. The van der Waals surface area contributed by atoms with Gasteiger partial charge in [0, 0.05) is 30.2 Å². The summed E-state index contributed by atoms with van der Waals surface area (Å²) < 4.78 is 0. The number of nitrogens with zero attached hydrogens (tertiary/aromatic N) is 3. The Morgan fingerprint density at radius 2 is 2.00 bits per heavy atom. The number of hydrogen-bond donors (Lipinski definition) is 1. The number of rotatable bonds is 4. The van der Waals surface area contributed by atoms with Crippen LogP contribution in [-0.4, -0.2) is 26.9 Å². The molecule has 98 valence electrons. The molecule has 0 radical (unpaired) electrons. The van der Waals surface area contributed by atoms with E-state index < -0.39 is 0 Å². The van der Waals surface area contributed by atoms with Crippen LogP contribution in [0.25, 0.3) is 11.3 Å². The molecular formula is C14H16N4O. The third-order valence-corrected chi connectivity index (χ3v) is 2.87. The van der Waals surface area contributed by atoms with Crippen LogP contribution in [0.4, 0.5) is 0 Å². The number of carbonyl (C=O) groups excluding carboxylic acids is 1. The van der Waals surface area contributed by atoms with Crippen molar-refractivity contribution < 1.29 is 4.79 Å². The van der Waals surface area contributed by atoms with Gasteiger partial charge in [-0.2, -0.15) is 0 Å². The van der Waals surface area contributed by atoms with Gasteiger partial charge in [-0.15, -0.1) is 0 Å². The highest BCUT2D eigenvalue weighted by Crippen LogP contribution is 2.14. The van der Waals surface area contributed by atoms with Crippen LogP contribution in [-0.2, 0) is 0 Å². The van der Waals surface area contributed by atoms with Gasteiger partial charge in [0.05, 0.1) is 11.3 Å². The summed E-state index contributed by atoms with van der Waals surface area (Å²) in [5.41, 5.74) is 2.14. The van der Waals surface area contributed by atoms with Gasteiger partial charge in [0.15, 0.2) is 0 Å². The molecule has 2 heterocycles. The van der Waals surface area contributed by atoms with Crippen LogP contribution >= 0.6 is 0 Å². The van der Waals surface area contributed by atoms with Crippen molar-refractivity contribution in [3.63, 3.8) is 0 Å². The van der Waals surface area contributed by atoms with Crippen LogP contribution in [0, 0.1) is 0 Å². The molecule has 0 unspecified atom stereocenters. The van der Waals surface area contributed by atoms with Crippen molar-refractivity contribution in [2.75, 3.05) is 0 Å². The highest BCUT2D eigenvalue weighted by Gasteiger charge is 2.09. The van der Waals surface area contributed by atoms with Crippen molar-refractivity contribution in [1.29, 1.82) is 0 Å². The van der Waals surface area contributed by atoms with E-state index in [2.05, 4.69) is 20.3 Å². The van der Waals surface area contributed by atoms with Crippen molar-refractivity contribution in [2.45, 2.75) is 26.3 Å². The summed E-state index contributed by atoms with van der Waals surface area (Å²) in [6.45, 7) is 4.00. The fourth-order valence-corrected chi connectivity index (χ4v) is 1.54. The van der Waals surface area contributed by atoms with Crippen LogP contribution < -0.4 is 5.32 Å². The minimum Gasteiger partial charge on any atom is -0.350 e. The average molecular weight is 256 g/mol. The van der Waals surface area contributed by atoms with Crippen molar-refractivity contribution in [3.8, 4) is 11.3 Å². The number of hydrogen-bond acceptors (Lipinski definition) is 4. The molecule has 0 aliphatic carbocycles. The number of aromatic nitrogens is 3. The predicted molar refractivity (Wildman–Crippen MR) is 72.5 cm³/mol. The molecule has 2 aromatic heterocycles. The zero-order chi connectivity index (χ0) is 13.7. The Kier molecular flexibility index (Phi) is 4.18. The third kappa shape index (κ3) is 3.34. The molecule has 0 bridgehead atoms. The third-order valence-electron chi connectivity index (χ3n) is 2.87. The Morgan fingerprint density at radius 3 is 2.58 bits per heavy atom. The molecule has 2 aromatic rings. The second-order valence-corrected chi connectivity index (χ2v) is 4.34. The second-order valence-electron chi connectivity index (χ2n) is 4.34. The number of amides is 1. The van der Waals surface area contributed by atoms with E-state index in [1.165, 1.54) is 6.33 Å². The van der Waals surface area contributed by atoms with Gasteiger partial charge in [0.25, 0.3) is 5.91 Å². The molecule has 0 saturated carbocycles. The first kappa shape index (κ1) is 13.1. The maximum Gasteiger partial charge on any atom is 0.253 e. The zero-order valence-electron chi connectivity index (χ0n) is 11.0. The van der Waals surface area contributed by atoms with E-state index in [4.69, 9.17) is 0 Å². The lowest BCUT2D eigenvalue weighted by Crippen LogP contribution is -2.31. The van der Waals surface area contributed by atoms with E-state index in [0.717, 1.165) is 17.7 Å². The number of nitrogens with one attached hydrogen (secondary N) is 1. The molecule has 5 nitrogen and oxygen atoms in total. The number of carbonyl (C=O) groups is 1. The molecular weight excluding hydrogens is 240 g/mol. The highest BCUT2D eigenvalue weighted by molar-refractivity contribution is 5.94. The van der Waals surface area contributed by atoms with E-state index >= 15 is 0 Å². The van der Waals surface area contributed by atoms with Crippen molar-refractivity contribution in [3.05, 3.63) is 42.6 Å². The van der Waals surface area contributed by atoms with Gasteiger partial charge in [-0.1, -0.05) is 6.92 Å². The zero-order valence-corrected chi connectivity index (χ0v) is 11.0. The maximum absolute atomic E-state index is 11.9. The van der Waals surface area contributed by atoms with Crippen molar-refractivity contribution >= 4 is 5.91 Å². The molecule has 5 heteroatoms. The SMILES string of the molecule is CC[C@H](C)NC(=O)c1ccc(-c2cncnc2)nc1. The van der Waals surface area contributed by atoms with Crippen LogP contribution in [0.5, 0.6) is 0 Å². The first-order valence-corrected chi connectivity index (χ1v) is 6.23. The molecule has 0 spiro atoms. The molecule has 2 rings (SSSR count). The van der Waals surface area contributed by atoms with Gasteiger partial charge < -0.3 is 5.32 Å². The Hall–Kier alpha value is -2.30. The molecule has 0 aromatic carbocycles. The summed E-state index contributed by atoms with van der Waals surface area (Å²) in [6, 6.07) is 3.71. The average Bonchev–Trinajstić information content (AvgIpc) is 2.48. The normalized spacial score (nSPS) is 11.9. The first-order chi connectivity index (χ1) is 9.20. The molecule has 1 atom stereocenters. The van der Waals surface area contributed by atoms with E-state index in [0.29, 0.717) is 5.56 Å². The lowest BCUT2D eigenvalue weighted by atomic mass is 10.1. The van der Waals surface area contributed by atoms with Gasteiger partial charge in [0.1, 0.15) is 6.33 Å². The Balaban J connectivity index is 2.13. The highest BCUT2D eigenvalue weighted by atomic mass is 16.1. The minimum atomic E-state index is -0.0993. The van der Waals surface area contributed by atoms with Gasteiger partial charge in [-0.25, -0.2) is 9.97 Å². The smallest absolute Gasteiger partial charge is 0.253 e. The molecule has 0 aliphatic heterocycles. The van der Waals surface area contributed by atoms with Crippen LogP contribution in [0.2, 0.25) is 0 Å². The van der Waals surface area contributed by atoms with Crippen LogP contribution in [0.3, 0.4) is 0 Å². The quantitative estimate of drug-likeness (QED) is 0.909. The summed E-state index contributed by atoms with van der Waals surface area (Å²) >= 11 is 0. The standard InChI is InChI=1S/C14H16N4O/c1-3-10(2)18-14(19)11-4-5-13(17-8-11)12-6-15-9-16-7-12/h4-10H,3H2,1-2H3,(H,18,19)/t10-/m0/s1. The summed E-state index contributed by atoms with van der Waals surface area (Å²) in [6.07, 6.45) is 7.32. The fraction of sp³-hybridized carbons (Fsp3) is 0.286. The predicted octanol–water partition coefficient (Wildman–Crippen LogP) is 2.07. The molecule has 0 aliphatic rings. The number of pyridine rings is 1. The lowest BCUT2D eigenvalue weighted by molar-refractivity contribution is 0.0939. The van der Waals surface area contributed by atoms with E-state index in [-0.39, 0.29) is 11.9 Å². The van der Waals surface area contributed by atoms with Gasteiger partial charge in [0.2, 0.25) is 0 Å². The Morgan fingerprint density at radius 1 is 1.26 bits per heavy atom. The Labute approximate surface area is 112 Å². The van der Waals surface area contributed by atoms with Crippen molar-refractivity contribution in [1.82, 2.24) is 20.3 Å². The van der Waals surface area contributed by atoms with Crippen LogP contribution in [0.15, 0.2) is 37.1 Å². The molecule has 0 saturated heterocycles. The summed E-state index contributed by atoms with van der Waals surface area (Å²) in [5.74, 6) is -0.0993. The van der Waals surface area contributed by atoms with E-state index in [1.54, 1.807) is 30.7 Å². The van der Waals surface area contributed by atoms with Gasteiger partial charge >= 0.3 is 0 Å². The first-order valence-electron chi connectivity index (χ1n) is 6.23. The second kappa shape index (κ2) is 6.04. The monoisotopic (exact) mass is 256 g/mol. The van der Waals surface area contributed by atoms with Gasteiger partial charge in [-0.3, -0.25) is 9.78 Å². The Bertz CT molecular complexity index is 539. The van der Waals surface area contributed by atoms with E-state index in [9.17, 15) is 4.79 Å². The van der Waals surface area contributed by atoms with Crippen LogP contribution in [0.1, 0.15) is 30.6 Å². The maximum atomic E-state index is 11.9. The molecule has 0 fully saturated rings.